The fourth-order valence-corrected chi connectivity index (χ4v) is 5.30. The summed E-state index contributed by atoms with van der Waals surface area (Å²) >= 11 is 6.66. The van der Waals surface area contributed by atoms with Crippen molar-refractivity contribution in [1.29, 1.82) is 0 Å². The Morgan fingerprint density at radius 2 is 1.89 bits per heavy atom. The van der Waals surface area contributed by atoms with Crippen LogP contribution in [0.15, 0.2) is 32.0 Å². The summed E-state index contributed by atoms with van der Waals surface area (Å²) in [6.45, 7) is 3.42. The highest BCUT2D eigenvalue weighted by molar-refractivity contribution is 9.11. The molecular formula is C13H17Br2NO2S. The zero-order chi connectivity index (χ0) is 14.0. The molecule has 2 rings (SSSR count). The van der Waals surface area contributed by atoms with E-state index < -0.39 is 10.0 Å². The average molecular weight is 411 g/mol. The molecule has 1 aliphatic rings. The Balaban J connectivity index is 2.26. The Labute approximate surface area is 131 Å². The maximum Gasteiger partial charge on any atom is 0.244 e. The van der Waals surface area contributed by atoms with Crippen molar-refractivity contribution in [2.24, 2.45) is 5.92 Å². The third kappa shape index (κ3) is 3.40. The van der Waals surface area contributed by atoms with Crippen LogP contribution >= 0.6 is 31.9 Å². The fourth-order valence-electron chi connectivity index (χ4n) is 2.37. The molecule has 6 heteroatoms. The van der Waals surface area contributed by atoms with E-state index in [1.807, 2.05) is 6.07 Å². The maximum absolute atomic E-state index is 12.6. The van der Waals surface area contributed by atoms with Gasteiger partial charge in [-0.25, -0.2) is 8.42 Å². The van der Waals surface area contributed by atoms with Gasteiger partial charge in [-0.3, -0.25) is 0 Å². The predicted molar refractivity (Wildman–Crippen MR) is 83.6 cm³/mol. The second-order valence-electron chi connectivity index (χ2n) is 4.83. The van der Waals surface area contributed by atoms with Crippen LogP contribution in [0.2, 0.25) is 0 Å². The number of nitrogens with zero attached hydrogens (tertiary/aromatic N) is 1. The van der Waals surface area contributed by atoms with Crippen LogP contribution in [0.3, 0.4) is 0 Å². The van der Waals surface area contributed by atoms with E-state index in [-0.39, 0.29) is 0 Å². The lowest BCUT2D eigenvalue weighted by molar-refractivity contribution is 0.269. The van der Waals surface area contributed by atoms with Gasteiger partial charge < -0.3 is 0 Å². The molecule has 1 aromatic rings. The molecule has 0 aliphatic carbocycles. The van der Waals surface area contributed by atoms with Crippen LogP contribution in [0, 0.1) is 5.92 Å². The van der Waals surface area contributed by atoms with Gasteiger partial charge >= 0.3 is 0 Å². The summed E-state index contributed by atoms with van der Waals surface area (Å²) in [4.78, 5) is 0.344. The number of hydrogen-bond donors (Lipinski definition) is 0. The standard InChI is InChI=1S/C13H17Br2NO2S/c1-2-10-5-7-16(8-6-10)19(17,18)13-9-11(14)3-4-12(13)15/h3-4,9-10H,2,5-8H2,1H3. The molecule has 1 heterocycles. The first-order valence-corrected chi connectivity index (χ1v) is 9.43. The van der Waals surface area contributed by atoms with Crippen LogP contribution in [0.25, 0.3) is 0 Å². The van der Waals surface area contributed by atoms with Gasteiger partial charge in [0.15, 0.2) is 0 Å². The molecule has 3 nitrogen and oxygen atoms in total. The van der Waals surface area contributed by atoms with Crippen LogP contribution in [-0.2, 0) is 10.0 Å². The van der Waals surface area contributed by atoms with Gasteiger partial charge in [0, 0.05) is 22.0 Å². The number of piperidine rings is 1. The van der Waals surface area contributed by atoms with Gasteiger partial charge in [0.2, 0.25) is 10.0 Å². The fraction of sp³-hybridized carbons (Fsp3) is 0.538. The summed E-state index contributed by atoms with van der Waals surface area (Å²) in [5.74, 6) is 0.664. The van der Waals surface area contributed by atoms with Crippen LogP contribution < -0.4 is 0 Å². The lowest BCUT2D eigenvalue weighted by Crippen LogP contribution is -2.38. The Kier molecular flexibility index (Phi) is 5.09. The van der Waals surface area contributed by atoms with E-state index in [4.69, 9.17) is 0 Å². The smallest absolute Gasteiger partial charge is 0.207 e. The zero-order valence-electron chi connectivity index (χ0n) is 10.8. The first-order chi connectivity index (χ1) is 8.95. The van der Waals surface area contributed by atoms with Crippen LogP contribution in [0.1, 0.15) is 26.2 Å². The maximum atomic E-state index is 12.6. The van der Waals surface area contributed by atoms with Gasteiger partial charge in [-0.1, -0.05) is 29.3 Å². The summed E-state index contributed by atoms with van der Waals surface area (Å²) in [5, 5.41) is 0. The predicted octanol–water partition coefficient (Wildman–Crippen LogP) is 4.02. The molecule has 0 atom stereocenters. The van der Waals surface area contributed by atoms with Gasteiger partial charge in [0.05, 0.1) is 4.90 Å². The van der Waals surface area contributed by atoms with Crippen LogP contribution in [0.4, 0.5) is 0 Å². The molecule has 0 saturated carbocycles. The number of benzene rings is 1. The van der Waals surface area contributed by atoms with Gasteiger partial charge in [0.1, 0.15) is 0 Å². The van der Waals surface area contributed by atoms with Crippen molar-refractivity contribution in [3.8, 4) is 0 Å². The molecular weight excluding hydrogens is 394 g/mol. The molecule has 1 aliphatic heterocycles. The molecule has 0 aromatic heterocycles. The number of sulfonamides is 1. The van der Waals surface area contributed by atoms with Crippen molar-refractivity contribution >= 4 is 41.9 Å². The summed E-state index contributed by atoms with van der Waals surface area (Å²) < 4.78 is 28.3. The largest absolute Gasteiger partial charge is 0.244 e. The number of rotatable bonds is 3. The van der Waals surface area contributed by atoms with Crippen molar-refractivity contribution in [3.63, 3.8) is 0 Å². The summed E-state index contributed by atoms with van der Waals surface area (Å²) in [5.41, 5.74) is 0. The van der Waals surface area contributed by atoms with E-state index in [2.05, 4.69) is 38.8 Å². The van der Waals surface area contributed by atoms with Gasteiger partial charge in [-0.2, -0.15) is 4.31 Å². The molecule has 0 spiro atoms. The summed E-state index contributed by atoms with van der Waals surface area (Å²) in [6, 6.07) is 5.24. The van der Waals surface area contributed by atoms with Gasteiger partial charge in [0.25, 0.3) is 0 Å². The Morgan fingerprint density at radius 1 is 1.26 bits per heavy atom. The lowest BCUT2D eigenvalue weighted by Gasteiger charge is -2.30. The summed E-state index contributed by atoms with van der Waals surface area (Å²) in [7, 11) is -3.39. The third-order valence-electron chi connectivity index (χ3n) is 3.66. The van der Waals surface area contributed by atoms with Crippen molar-refractivity contribution in [2.75, 3.05) is 13.1 Å². The number of hydrogen-bond acceptors (Lipinski definition) is 2. The van der Waals surface area contributed by atoms with E-state index in [1.165, 1.54) is 0 Å². The highest BCUT2D eigenvalue weighted by Gasteiger charge is 2.30. The lowest BCUT2D eigenvalue weighted by atomic mass is 9.96. The topological polar surface area (TPSA) is 37.4 Å². The second kappa shape index (κ2) is 6.24. The van der Waals surface area contributed by atoms with Crippen LogP contribution in [0.5, 0.6) is 0 Å². The zero-order valence-corrected chi connectivity index (χ0v) is 14.8. The molecule has 106 valence electrons. The molecule has 0 radical (unpaired) electrons. The monoisotopic (exact) mass is 409 g/mol. The Hall–Kier alpha value is 0.0900. The molecule has 0 amide bonds. The van der Waals surface area contributed by atoms with Crippen molar-refractivity contribution in [3.05, 3.63) is 27.1 Å². The van der Waals surface area contributed by atoms with Crippen molar-refractivity contribution in [2.45, 2.75) is 31.1 Å². The first-order valence-electron chi connectivity index (χ1n) is 6.40. The third-order valence-corrected chi connectivity index (χ3v) is 7.05. The highest BCUT2D eigenvalue weighted by Crippen LogP contribution is 2.31. The summed E-state index contributed by atoms with van der Waals surface area (Å²) in [6.07, 6.45) is 3.05. The molecule has 1 fully saturated rings. The van der Waals surface area contributed by atoms with E-state index in [0.717, 1.165) is 23.7 Å². The highest BCUT2D eigenvalue weighted by atomic mass is 79.9. The van der Waals surface area contributed by atoms with E-state index in [0.29, 0.717) is 28.4 Å². The van der Waals surface area contributed by atoms with Crippen molar-refractivity contribution < 1.29 is 8.42 Å². The number of halogens is 2. The minimum Gasteiger partial charge on any atom is -0.207 e. The van der Waals surface area contributed by atoms with Gasteiger partial charge in [-0.05, 0) is 52.9 Å². The minimum atomic E-state index is -3.39. The quantitative estimate of drug-likeness (QED) is 0.754. The van der Waals surface area contributed by atoms with Crippen molar-refractivity contribution in [1.82, 2.24) is 4.31 Å². The second-order valence-corrected chi connectivity index (χ2v) is 8.51. The molecule has 1 saturated heterocycles. The SMILES string of the molecule is CCC1CCN(S(=O)(=O)c2cc(Br)ccc2Br)CC1. The molecule has 0 N–H and O–H groups in total. The molecule has 19 heavy (non-hydrogen) atoms. The van der Waals surface area contributed by atoms with Crippen LogP contribution in [-0.4, -0.2) is 25.8 Å². The molecule has 0 bridgehead atoms. The molecule has 1 aromatic carbocycles. The van der Waals surface area contributed by atoms with E-state index >= 15 is 0 Å². The van der Waals surface area contributed by atoms with E-state index in [1.54, 1.807) is 16.4 Å². The Morgan fingerprint density at radius 3 is 2.47 bits per heavy atom. The normalized spacial score (nSPS) is 18.7. The minimum absolute atomic E-state index is 0.344. The van der Waals surface area contributed by atoms with Gasteiger partial charge in [-0.15, -0.1) is 0 Å². The molecule has 0 unspecified atom stereocenters. The Bertz CT molecular complexity index is 552. The van der Waals surface area contributed by atoms with E-state index in [9.17, 15) is 8.42 Å². The average Bonchev–Trinajstić information content (AvgIpc) is 2.41. The first kappa shape index (κ1) is 15.5.